The van der Waals surface area contributed by atoms with E-state index in [1.54, 1.807) is 13.2 Å². The number of hydrogen-bond acceptors (Lipinski definition) is 4. The number of piperidine rings is 1. The molecule has 1 saturated carbocycles. The van der Waals surface area contributed by atoms with E-state index in [0.29, 0.717) is 34.9 Å². The smallest absolute Gasteiger partial charge is 0.416 e. The number of benzene rings is 2. The summed E-state index contributed by atoms with van der Waals surface area (Å²) in [6.07, 6.45) is -1.48. The first-order valence-corrected chi connectivity index (χ1v) is 14.3. The van der Waals surface area contributed by atoms with Crippen molar-refractivity contribution in [3.63, 3.8) is 0 Å². The molecule has 1 unspecified atom stereocenters. The fraction of sp³-hybridized carbons (Fsp3) is 0.531. The summed E-state index contributed by atoms with van der Waals surface area (Å²) < 4.78 is 51.9. The van der Waals surface area contributed by atoms with Crippen molar-refractivity contribution in [2.75, 3.05) is 27.2 Å². The van der Waals surface area contributed by atoms with Gasteiger partial charge in [0, 0.05) is 53.4 Å². The van der Waals surface area contributed by atoms with Crippen molar-refractivity contribution in [2.24, 2.45) is 11.8 Å². The number of ether oxygens (including phenoxy) is 2. The molecule has 4 aliphatic rings. The van der Waals surface area contributed by atoms with Crippen LogP contribution in [-0.2, 0) is 22.8 Å². The molecule has 2 aromatic carbocycles. The van der Waals surface area contributed by atoms with E-state index in [0.717, 1.165) is 66.5 Å². The molecule has 2 aliphatic carbocycles. The number of likely N-dealkylation sites (tertiary alicyclic amines) is 1. The maximum Gasteiger partial charge on any atom is 0.416 e. The Morgan fingerprint density at radius 2 is 2.00 bits per heavy atom. The van der Waals surface area contributed by atoms with Crippen LogP contribution in [0.1, 0.15) is 55.4 Å². The van der Waals surface area contributed by atoms with Crippen LogP contribution < -0.4 is 14.8 Å². The van der Waals surface area contributed by atoms with Crippen LogP contribution in [0.3, 0.4) is 0 Å². The summed E-state index contributed by atoms with van der Waals surface area (Å²) in [5.41, 5.74) is 1.20. The van der Waals surface area contributed by atoms with E-state index < -0.39 is 17.6 Å². The number of amides is 1. The molecule has 41 heavy (non-hydrogen) atoms. The topological polar surface area (TPSA) is 67.8 Å². The zero-order chi connectivity index (χ0) is 29.3. The van der Waals surface area contributed by atoms with Crippen molar-refractivity contribution in [3.8, 4) is 29.1 Å². The molecule has 1 spiro atoms. The van der Waals surface area contributed by atoms with Gasteiger partial charge in [0.1, 0.15) is 11.9 Å². The number of nitrogens with one attached hydrogen (secondary N) is 1. The highest BCUT2D eigenvalue weighted by Crippen LogP contribution is 2.66. The predicted molar refractivity (Wildman–Crippen MR) is 147 cm³/mol. The second-order valence-corrected chi connectivity index (χ2v) is 12.7. The lowest BCUT2D eigenvalue weighted by Gasteiger charge is -2.62. The summed E-state index contributed by atoms with van der Waals surface area (Å²) in [6, 6.07) is 6.11. The number of carbonyl (C=O) groups is 1. The molecule has 2 aromatic rings. The Morgan fingerprint density at radius 3 is 2.66 bits per heavy atom. The molecule has 2 fully saturated rings. The molecular formula is C32H36F3N2O4+. The molecule has 2 aliphatic heterocycles. The summed E-state index contributed by atoms with van der Waals surface area (Å²) in [5, 5.41) is 14.2. The number of likely N-dealkylation sites (N-methyl/N-ethyl adjacent to an activating group) is 1. The predicted octanol–water partition coefficient (Wildman–Crippen LogP) is 4.80. The average Bonchev–Trinajstić information content (AvgIpc) is 3.26. The molecule has 6 nitrogen and oxygen atoms in total. The molecule has 2 N–H and O–H groups in total. The molecule has 6 rings (SSSR count). The van der Waals surface area contributed by atoms with Crippen LogP contribution in [-0.4, -0.2) is 60.9 Å². The Kier molecular flexibility index (Phi) is 6.49. The third-order valence-corrected chi connectivity index (χ3v) is 9.93. The van der Waals surface area contributed by atoms with Crippen LogP contribution >= 0.6 is 0 Å². The Hall–Kier alpha value is -3.38. The SMILES string of the molecule is COc1cc(O)c2c3c1O[C@H]1[C@@H](NC(=O)C#Cc4ccc(C(F)(F)F)cc4)CC[C@H]4[C@@H](C2)[N+](C)(CC(C)C)CC[C@@]341. The first kappa shape index (κ1) is 27.8. The van der Waals surface area contributed by atoms with Crippen molar-refractivity contribution >= 4 is 5.91 Å². The third kappa shape index (κ3) is 4.34. The van der Waals surface area contributed by atoms with Gasteiger partial charge in [-0.3, -0.25) is 4.79 Å². The normalized spacial score (nSPS) is 31.0. The van der Waals surface area contributed by atoms with Gasteiger partial charge in [-0.2, -0.15) is 13.2 Å². The summed E-state index contributed by atoms with van der Waals surface area (Å²) in [7, 11) is 3.91. The maximum absolute atomic E-state index is 13.0. The Balaban J connectivity index is 1.32. The van der Waals surface area contributed by atoms with E-state index >= 15 is 0 Å². The zero-order valence-electron chi connectivity index (χ0n) is 23.8. The number of halogens is 3. The first-order chi connectivity index (χ1) is 19.4. The molecule has 9 heteroatoms. The van der Waals surface area contributed by atoms with Gasteiger partial charge in [-0.15, -0.1) is 0 Å². The van der Waals surface area contributed by atoms with E-state index in [9.17, 15) is 23.1 Å². The maximum atomic E-state index is 13.0. The number of quaternary nitrogens is 1. The number of methoxy groups -OCH3 is 1. The van der Waals surface area contributed by atoms with Crippen molar-refractivity contribution in [1.82, 2.24) is 5.32 Å². The van der Waals surface area contributed by atoms with E-state index in [1.165, 1.54) is 12.1 Å². The molecule has 2 bridgehead atoms. The number of rotatable bonds is 4. The van der Waals surface area contributed by atoms with E-state index in [2.05, 4.69) is 38.1 Å². The summed E-state index contributed by atoms with van der Waals surface area (Å²) in [6.45, 7) is 6.54. The van der Waals surface area contributed by atoms with Crippen LogP contribution in [0.2, 0.25) is 0 Å². The van der Waals surface area contributed by atoms with Crippen molar-refractivity contribution in [2.45, 2.75) is 69.3 Å². The fourth-order valence-corrected chi connectivity index (χ4v) is 8.50. The van der Waals surface area contributed by atoms with Crippen molar-refractivity contribution in [3.05, 3.63) is 52.6 Å². The lowest BCUT2D eigenvalue weighted by Crippen LogP contribution is -2.73. The van der Waals surface area contributed by atoms with Crippen molar-refractivity contribution < 1.29 is 37.0 Å². The fourth-order valence-electron chi connectivity index (χ4n) is 8.50. The Morgan fingerprint density at radius 1 is 1.27 bits per heavy atom. The Bertz CT molecular complexity index is 1440. The van der Waals surface area contributed by atoms with Gasteiger partial charge in [-0.1, -0.05) is 19.8 Å². The van der Waals surface area contributed by atoms with E-state index in [1.807, 2.05) is 0 Å². The molecular weight excluding hydrogens is 533 g/mol. The van der Waals surface area contributed by atoms with Gasteiger partial charge < -0.3 is 24.4 Å². The Labute approximate surface area is 238 Å². The van der Waals surface area contributed by atoms with Crippen LogP contribution in [0, 0.1) is 23.7 Å². The number of carbonyl (C=O) groups excluding carboxylic acids is 1. The standard InChI is InChI=1S/C32H35F3N2O4/c1-18(2)17-37(3)14-13-31-22-10-11-23(36-27(39)12-7-19-5-8-20(9-6-19)32(33,34)35)30(31)41-29-26(40-4)16-25(38)21(28(29)31)15-24(22)37/h5-6,8-9,16,18,22-24,30H,10-11,13-15,17H2,1-4H3,(H-,36,38,39)/p+1/t22-,23-,24+,30-,31-,37?/m0/s1. The number of phenols is 1. The molecule has 2 heterocycles. The van der Waals surface area contributed by atoms with E-state index in [4.69, 9.17) is 9.47 Å². The van der Waals surface area contributed by atoms with Crippen LogP contribution in [0.5, 0.6) is 17.2 Å². The van der Waals surface area contributed by atoms with Gasteiger partial charge in [0.05, 0.1) is 50.3 Å². The van der Waals surface area contributed by atoms with Gasteiger partial charge in [-0.05, 0) is 37.1 Å². The molecule has 1 amide bonds. The highest BCUT2D eigenvalue weighted by molar-refractivity contribution is 5.94. The molecule has 6 atom stereocenters. The highest BCUT2D eigenvalue weighted by Gasteiger charge is 2.69. The van der Waals surface area contributed by atoms with Crippen molar-refractivity contribution in [1.29, 1.82) is 0 Å². The van der Waals surface area contributed by atoms with Gasteiger partial charge in [0.2, 0.25) is 0 Å². The zero-order valence-corrected chi connectivity index (χ0v) is 23.8. The minimum atomic E-state index is -4.43. The number of nitrogens with zero attached hydrogens (tertiary/aromatic N) is 1. The van der Waals surface area contributed by atoms with Gasteiger partial charge in [0.25, 0.3) is 5.91 Å². The lowest BCUT2D eigenvalue weighted by molar-refractivity contribution is -0.947. The van der Waals surface area contributed by atoms with Crippen LogP contribution in [0.15, 0.2) is 30.3 Å². The van der Waals surface area contributed by atoms with Crippen LogP contribution in [0.4, 0.5) is 13.2 Å². The molecule has 0 aromatic heterocycles. The average molecular weight is 570 g/mol. The van der Waals surface area contributed by atoms with Gasteiger partial charge in [-0.25, -0.2) is 0 Å². The number of phenolic OH excluding ortho intramolecular Hbond substituents is 1. The summed E-state index contributed by atoms with van der Waals surface area (Å²) >= 11 is 0. The molecule has 1 saturated heterocycles. The minimum absolute atomic E-state index is 0.235. The number of alkyl halides is 3. The second-order valence-electron chi connectivity index (χ2n) is 12.7. The number of aromatic hydroxyl groups is 1. The monoisotopic (exact) mass is 569 g/mol. The lowest BCUT2D eigenvalue weighted by atomic mass is 9.50. The summed E-state index contributed by atoms with van der Waals surface area (Å²) in [4.78, 5) is 13.0. The second kappa shape index (κ2) is 9.59. The largest absolute Gasteiger partial charge is 0.508 e. The quantitative estimate of drug-likeness (QED) is 0.410. The first-order valence-electron chi connectivity index (χ1n) is 14.3. The minimum Gasteiger partial charge on any atom is -0.508 e. The molecule has 0 radical (unpaired) electrons. The van der Waals surface area contributed by atoms with Gasteiger partial charge in [0.15, 0.2) is 11.5 Å². The van der Waals surface area contributed by atoms with E-state index in [-0.39, 0.29) is 23.3 Å². The number of hydrogen-bond donors (Lipinski definition) is 2. The highest BCUT2D eigenvalue weighted by atomic mass is 19.4. The van der Waals surface area contributed by atoms with Crippen LogP contribution in [0.25, 0.3) is 0 Å². The third-order valence-electron chi connectivity index (χ3n) is 9.93. The molecule has 218 valence electrons. The van der Waals surface area contributed by atoms with Gasteiger partial charge >= 0.3 is 6.18 Å². The summed E-state index contributed by atoms with van der Waals surface area (Å²) in [5.74, 6) is 7.02.